The van der Waals surface area contributed by atoms with E-state index in [1.165, 1.54) is 23.5 Å². The first kappa shape index (κ1) is 15.3. The normalized spacial score (nSPS) is 21.0. The lowest BCUT2D eigenvalue weighted by Crippen LogP contribution is -2.31. The molecule has 1 aromatic rings. The summed E-state index contributed by atoms with van der Waals surface area (Å²) in [5.74, 6) is 0.569. The second-order valence-corrected chi connectivity index (χ2v) is 9.04. The van der Waals surface area contributed by atoms with E-state index in [1.54, 1.807) is 12.1 Å². The second kappa shape index (κ2) is 5.34. The number of hydrogen-bond acceptors (Lipinski definition) is 5. The van der Waals surface area contributed by atoms with Crippen molar-refractivity contribution in [2.75, 3.05) is 26.5 Å². The lowest BCUT2D eigenvalue weighted by atomic mass is 10.3. The van der Waals surface area contributed by atoms with Crippen LogP contribution in [0.25, 0.3) is 0 Å². The molecule has 0 saturated carbocycles. The van der Waals surface area contributed by atoms with Crippen molar-refractivity contribution >= 4 is 19.9 Å². The van der Waals surface area contributed by atoms with Gasteiger partial charge in [0, 0.05) is 19.3 Å². The molecule has 1 saturated heterocycles. The minimum Gasteiger partial charge on any atom is -0.497 e. The van der Waals surface area contributed by atoms with Crippen LogP contribution in [0, 0.1) is 0 Å². The van der Waals surface area contributed by atoms with Crippen LogP contribution in [-0.2, 0) is 19.9 Å². The molecule has 1 fully saturated rings. The van der Waals surface area contributed by atoms with Gasteiger partial charge in [-0.3, -0.25) is 0 Å². The van der Waals surface area contributed by atoms with E-state index in [9.17, 15) is 16.8 Å². The third-order valence-corrected chi connectivity index (χ3v) is 6.89. The maximum atomic E-state index is 12.4. The van der Waals surface area contributed by atoms with Crippen LogP contribution in [-0.4, -0.2) is 52.8 Å². The number of ether oxygens (including phenoxy) is 1. The maximum absolute atomic E-state index is 12.4. The van der Waals surface area contributed by atoms with Gasteiger partial charge in [0.1, 0.15) is 5.75 Å². The topological polar surface area (TPSA) is 80.8 Å². The van der Waals surface area contributed by atoms with Crippen molar-refractivity contribution in [2.24, 2.45) is 0 Å². The van der Waals surface area contributed by atoms with Gasteiger partial charge in [0.05, 0.1) is 17.3 Å². The number of sulfone groups is 1. The van der Waals surface area contributed by atoms with E-state index in [4.69, 9.17) is 4.74 Å². The van der Waals surface area contributed by atoms with Crippen LogP contribution >= 0.6 is 0 Å². The quantitative estimate of drug-likeness (QED) is 0.807. The lowest BCUT2D eigenvalue weighted by molar-refractivity contribution is 0.414. The van der Waals surface area contributed by atoms with E-state index in [1.807, 2.05) is 0 Å². The minimum absolute atomic E-state index is 0.0210. The summed E-state index contributed by atoms with van der Waals surface area (Å²) >= 11 is 0. The highest BCUT2D eigenvalue weighted by Crippen LogP contribution is 2.25. The molecule has 1 atom stereocenters. The first-order chi connectivity index (χ1) is 9.25. The van der Waals surface area contributed by atoms with Gasteiger partial charge < -0.3 is 4.74 Å². The zero-order valence-corrected chi connectivity index (χ0v) is 12.9. The molecule has 0 N–H and O–H groups in total. The van der Waals surface area contributed by atoms with Crippen molar-refractivity contribution in [3.8, 4) is 5.75 Å². The Morgan fingerprint density at radius 3 is 2.20 bits per heavy atom. The maximum Gasteiger partial charge on any atom is 0.243 e. The summed E-state index contributed by atoms with van der Waals surface area (Å²) in [6, 6.07) is 6.05. The highest BCUT2D eigenvalue weighted by atomic mass is 32.2. The van der Waals surface area contributed by atoms with E-state index in [0.29, 0.717) is 12.2 Å². The standard InChI is InChI=1S/C12H17NO5S2/c1-18-10-3-5-11(6-4-10)20(16,17)13-8-7-12(9-13)19(2,14)15/h3-6,12H,7-9H2,1-2H3. The molecule has 1 aliphatic heterocycles. The molecule has 1 unspecified atom stereocenters. The highest BCUT2D eigenvalue weighted by Gasteiger charge is 2.36. The Bertz CT molecular complexity index is 679. The van der Waals surface area contributed by atoms with Gasteiger partial charge in [0.2, 0.25) is 10.0 Å². The van der Waals surface area contributed by atoms with Crippen molar-refractivity contribution in [2.45, 2.75) is 16.6 Å². The first-order valence-corrected chi connectivity index (χ1v) is 9.47. The molecular formula is C12H17NO5S2. The van der Waals surface area contributed by atoms with Gasteiger partial charge in [-0.15, -0.1) is 0 Å². The molecule has 1 heterocycles. The Kier molecular flexibility index (Phi) is 4.08. The molecule has 1 aliphatic rings. The predicted molar refractivity (Wildman–Crippen MR) is 75.0 cm³/mol. The van der Waals surface area contributed by atoms with Crippen LogP contribution in [0.2, 0.25) is 0 Å². The van der Waals surface area contributed by atoms with Gasteiger partial charge in [-0.2, -0.15) is 4.31 Å². The summed E-state index contributed by atoms with van der Waals surface area (Å²) in [5, 5.41) is -0.615. The summed E-state index contributed by atoms with van der Waals surface area (Å²) in [5.41, 5.74) is 0. The number of methoxy groups -OCH3 is 1. The van der Waals surface area contributed by atoms with Crippen LogP contribution in [0.4, 0.5) is 0 Å². The number of hydrogen-bond donors (Lipinski definition) is 0. The van der Waals surface area contributed by atoms with Gasteiger partial charge in [-0.05, 0) is 30.7 Å². The van der Waals surface area contributed by atoms with E-state index in [2.05, 4.69) is 0 Å². The number of benzene rings is 1. The Balaban J connectivity index is 2.23. The third kappa shape index (κ3) is 2.97. The average molecular weight is 319 g/mol. The Morgan fingerprint density at radius 2 is 1.75 bits per heavy atom. The zero-order valence-electron chi connectivity index (χ0n) is 11.3. The van der Waals surface area contributed by atoms with Crippen molar-refractivity contribution in [1.29, 1.82) is 0 Å². The van der Waals surface area contributed by atoms with Crippen molar-refractivity contribution < 1.29 is 21.6 Å². The molecule has 20 heavy (non-hydrogen) atoms. The molecule has 6 nitrogen and oxygen atoms in total. The summed E-state index contributed by atoms with van der Waals surface area (Å²) < 4.78 is 54.0. The average Bonchev–Trinajstić information content (AvgIpc) is 2.89. The van der Waals surface area contributed by atoms with Crippen LogP contribution in [0.1, 0.15) is 6.42 Å². The minimum atomic E-state index is -3.64. The van der Waals surface area contributed by atoms with Gasteiger partial charge in [-0.25, -0.2) is 16.8 Å². The van der Waals surface area contributed by atoms with Crippen LogP contribution in [0.5, 0.6) is 5.75 Å². The van der Waals surface area contributed by atoms with Gasteiger partial charge in [0.25, 0.3) is 0 Å². The number of nitrogens with zero attached hydrogens (tertiary/aromatic N) is 1. The number of rotatable bonds is 4. The van der Waals surface area contributed by atoms with Crippen LogP contribution in [0.3, 0.4) is 0 Å². The molecule has 0 amide bonds. The fourth-order valence-corrected chi connectivity index (χ4v) is 4.74. The summed E-state index contributed by atoms with van der Waals surface area (Å²) in [7, 11) is -5.36. The fourth-order valence-electron chi connectivity index (χ4n) is 2.16. The highest BCUT2D eigenvalue weighted by molar-refractivity contribution is 7.91. The zero-order chi connectivity index (χ0) is 15.0. The molecule has 112 valence electrons. The molecule has 0 aromatic heterocycles. The van der Waals surface area contributed by atoms with E-state index >= 15 is 0 Å². The Labute approximate surface area is 119 Å². The molecule has 1 aromatic carbocycles. The second-order valence-electron chi connectivity index (χ2n) is 4.78. The molecule has 0 radical (unpaired) electrons. The lowest BCUT2D eigenvalue weighted by Gasteiger charge is -2.16. The number of sulfonamides is 1. The van der Waals surface area contributed by atoms with Gasteiger partial charge in [-0.1, -0.05) is 0 Å². The summed E-state index contributed by atoms with van der Waals surface area (Å²) in [4.78, 5) is 0.146. The van der Waals surface area contributed by atoms with E-state index < -0.39 is 25.1 Å². The Morgan fingerprint density at radius 1 is 1.15 bits per heavy atom. The van der Waals surface area contributed by atoms with E-state index in [-0.39, 0.29) is 18.0 Å². The smallest absolute Gasteiger partial charge is 0.243 e. The first-order valence-electron chi connectivity index (χ1n) is 6.08. The molecule has 2 rings (SSSR count). The predicted octanol–water partition coefficient (Wildman–Crippen LogP) is 0.503. The molecule has 0 aliphatic carbocycles. The van der Waals surface area contributed by atoms with Crippen molar-refractivity contribution in [3.05, 3.63) is 24.3 Å². The fraction of sp³-hybridized carbons (Fsp3) is 0.500. The monoisotopic (exact) mass is 319 g/mol. The molecule has 0 spiro atoms. The van der Waals surface area contributed by atoms with Crippen molar-refractivity contribution in [1.82, 2.24) is 4.31 Å². The molecular weight excluding hydrogens is 302 g/mol. The largest absolute Gasteiger partial charge is 0.497 e. The van der Waals surface area contributed by atoms with Crippen molar-refractivity contribution in [3.63, 3.8) is 0 Å². The molecule has 0 bridgehead atoms. The SMILES string of the molecule is COc1ccc(S(=O)(=O)N2CCC(S(C)(=O)=O)C2)cc1. The summed E-state index contributed by atoms with van der Waals surface area (Å²) in [6.45, 7) is 0.249. The Hall–Kier alpha value is -1.12. The van der Waals surface area contributed by atoms with Crippen LogP contribution < -0.4 is 4.74 Å². The summed E-state index contributed by atoms with van der Waals surface area (Å²) in [6.07, 6.45) is 1.48. The van der Waals surface area contributed by atoms with Crippen LogP contribution in [0.15, 0.2) is 29.2 Å². The van der Waals surface area contributed by atoms with Gasteiger partial charge >= 0.3 is 0 Å². The van der Waals surface area contributed by atoms with Gasteiger partial charge in [0.15, 0.2) is 9.84 Å². The molecule has 8 heteroatoms. The van der Waals surface area contributed by atoms with E-state index in [0.717, 1.165) is 6.26 Å². The third-order valence-electron chi connectivity index (χ3n) is 3.41.